The number of thioether (sulfide) groups is 1. The first-order chi connectivity index (χ1) is 11.7. The number of hydrogen-bond donors (Lipinski definition) is 2. The van der Waals surface area contributed by atoms with Crippen molar-refractivity contribution in [1.82, 2.24) is 15.3 Å². The lowest BCUT2D eigenvalue weighted by Gasteiger charge is -2.05. The van der Waals surface area contributed by atoms with Gasteiger partial charge in [0.1, 0.15) is 0 Å². The van der Waals surface area contributed by atoms with Gasteiger partial charge in [-0.3, -0.25) is 4.79 Å². The molecule has 0 aliphatic rings. The zero-order valence-electron chi connectivity index (χ0n) is 12.8. The molecule has 6 heteroatoms. The van der Waals surface area contributed by atoms with E-state index in [0.29, 0.717) is 17.1 Å². The maximum absolute atomic E-state index is 12.0. The molecule has 1 aromatic heterocycles. The lowest BCUT2D eigenvalue weighted by atomic mass is 10.2. The van der Waals surface area contributed by atoms with Crippen LogP contribution in [0.2, 0.25) is 5.02 Å². The van der Waals surface area contributed by atoms with Gasteiger partial charge in [-0.2, -0.15) is 0 Å². The van der Waals surface area contributed by atoms with Crippen molar-refractivity contribution in [3.63, 3.8) is 0 Å². The summed E-state index contributed by atoms with van der Waals surface area (Å²) in [5.41, 5.74) is 2.58. The average molecular weight is 358 g/mol. The van der Waals surface area contributed by atoms with Crippen molar-refractivity contribution in [2.75, 3.05) is 12.3 Å². The Bertz CT molecular complexity index is 820. The van der Waals surface area contributed by atoms with Gasteiger partial charge in [0.2, 0.25) is 0 Å². The van der Waals surface area contributed by atoms with E-state index in [-0.39, 0.29) is 5.91 Å². The molecule has 4 nitrogen and oxygen atoms in total. The maximum Gasteiger partial charge on any atom is 0.252 e. The molecule has 0 radical (unpaired) electrons. The first-order valence-corrected chi connectivity index (χ1v) is 8.86. The lowest BCUT2D eigenvalue weighted by molar-refractivity contribution is 0.0956. The molecule has 0 bridgehead atoms. The van der Waals surface area contributed by atoms with Gasteiger partial charge < -0.3 is 10.3 Å². The summed E-state index contributed by atoms with van der Waals surface area (Å²) in [5.74, 6) is 0.559. The van der Waals surface area contributed by atoms with Crippen LogP contribution in [0, 0.1) is 0 Å². The molecule has 2 N–H and O–H groups in total. The molecule has 2 aromatic carbocycles. The molecule has 0 spiro atoms. The Morgan fingerprint density at radius 3 is 2.67 bits per heavy atom. The van der Waals surface area contributed by atoms with Gasteiger partial charge in [-0.05, 0) is 17.7 Å². The third kappa shape index (κ3) is 4.19. The van der Waals surface area contributed by atoms with E-state index in [4.69, 9.17) is 11.6 Å². The normalized spacial score (nSPS) is 10.5. The molecule has 0 aliphatic heterocycles. The molecule has 0 atom stereocenters. The first-order valence-electron chi connectivity index (χ1n) is 7.50. The number of nitrogens with one attached hydrogen (secondary N) is 2. The quantitative estimate of drug-likeness (QED) is 0.512. The van der Waals surface area contributed by atoms with E-state index in [9.17, 15) is 4.79 Å². The highest BCUT2D eigenvalue weighted by atomic mass is 35.5. The number of amides is 1. The largest absolute Gasteiger partial charge is 0.351 e. The number of hydrogen-bond acceptors (Lipinski definition) is 3. The van der Waals surface area contributed by atoms with Crippen molar-refractivity contribution in [2.24, 2.45) is 0 Å². The van der Waals surface area contributed by atoms with Gasteiger partial charge in [-0.1, -0.05) is 65.8 Å². The smallest absolute Gasteiger partial charge is 0.252 e. The number of aromatic amines is 1. The van der Waals surface area contributed by atoms with Crippen LogP contribution in [0.4, 0.5) is 0 Å². The zero-order valence-corrected chi connectivity index (χ0v) is 14.4. The van der Waals surface area contributed by atoms with Crippen LogP contribution in [0.25, 0.3) is 11.3 Å². The second kappa shape index (κ2) is 8.04. The predicted octanol–water partition coefficient (Wildman–Crippen LogP) is 4.25. The molecule has 0 saturated carbocycles. The molecule has 0 fully saturated rings. The van der Waals surface area contributed by atoms with Gasteiger partial charge in [-0.15, -0.1) is 0 Å². The van der Waals surface area contributed by atoms with Crippen LogP contribution in [0.3, 0.4) is 0 Å². The summed E-state index contributed by atoms with van der Waals surface area (Å²) >= 11 is 7.57. The van der Waals surface area contributed by atoms with Crippen LogP contribution in [-0.4, -0.2) is 28.2 Å². The van der Waals surface area contributed by atoms with Crippen molar-refractivity contribution in [3.8, 4) is 11.3 Å². The number of aromatic nitrogens is 2. The Labute approximate surface area is 149 Å². The highest BCUT2D eigenvalue weighted by Crippen LogP contribution is 2.21. The van der Waals surface area contributed by atoms with Crippen molar-refractivity contribution >= 4 is 29.3 Å². The number of imidazole rings is 1. The van der Waals surface area contributed by atoms with Crippen molar-refractivity contribution < 1.29 is 4.79 Å². The fourth-order valence-corrected chi connectivity index (χ4v) is 3.12. The number of H-pyrrole nitrogens is 1. The van der Waals surface area contributed by atoms with E-state index in [0.717, 1.165) is 22.2 Å². The van der Waals surface area contributed by atoms with Crippen molar-refractivity contribution in [1.29, 1.82) is 0 Å². The Kier molecular flexibility index (Phi) is 5.56. The standard InChI is InChI=1S/C18H16ClN3OS/c19-15-9-5-4-8-14(15)17(23)20-10-11-24-18-21-12-16(22-18)13-6-2-1-3-7-13/h1-9,12H,10-11H2,(H,20,23)(H,21,22). The topological polar surface area (TPSA) is 57.8 Å². The summed E-state index contributed by atoms with van der Waals surface area (Å²) in [6.45, 7) is 0.538. The van der Waals surface area contributed by atoms with Gasteiger partial charge in [0.25, 0.3) is 5.91 Å². The van der Waals surface area contributed by atoms with Crippen molar-refractivity contribution in [3.05, 3.63) is 71.4 Å². The van der Waals surface area contributed by atoms with Crippen LogP contribution < -0.4 is 5.32 Å². The molecule has 3 aromatic rings. The van der Waals surface area contributed by atoms with Gasteiger partial charge in [-0.25, -0.2) is 4.98 Å². The molecular weight excluding hydrogens is 342 g/mol. The van der Waals surface area contributed by atoms with Crippen molar-refractivity contribution in [2.45, 2.75) is 5.16 Å². The molecule has 3 rings (SSSR count). The predicted molar refractivity (Wildman–Crippen MR) is 98.5 cm³/mol. The van der Waals surface area contributed by atoms with Gasteiger partial charge >= 0.3 is 0 Å². The van der Waals surface area contributed by atoms with Crippen LogP contribution in [0.1, 0.15) is 10.4 Å². The van der Waals surface area contributed by atoms with Crippen LogP contribution in [-0.2, 0) is 0 Å². The Balaban J connectivity index is 1.48. The molecule has 0 unspecified atom stereocenters. The first kappa shape index (κ1) is 16.6. The third-order valence-corrected chi connectivity index (χ3v) is 4.60. The number of carbonyl (C=O) groups is 1. The molecule has 1 heterocycles. The third-order valence-electron chi connectivity index (χ3n) is 3.38. The number of halogens is 1. The summed E-state index contributed by atoms with van der Waals surface area (Å²) < 4.78 is 0. The second-order valence-electron chi connectivity index (χ2n) is 5.05. The summed E-state index contributed by atoms with van der Waals surface area (Å²) in [6, 6.07) is 17.1. The Hall–Kier alpha value is -2.24. The minimum atomic E-state index is -0.161. The summed E-state index contributed by atoms with van der Waals surface area (Å²) in [5, 5.41) is 4.16. The molecule has 1 amide bonds. The van der Waals surface area contributed by atoms with Gasteiger partial charge in [0, 0.05) is 12.3 Å². The molecule has 122 valence electrons. The Morgan fingerprint density at radius 2 is 1.88 bits per heavy atom. The molecular formula is C18H16ClN3OS. The lowest BCUT2D eigenvalue weighted by Crippen LogP contribution is -2.25. The maximum atomic E-state index is 12.0. The Morgan fingerprint density at radius 1 is 1.12 bits per heavy atom. The highest BCUT2D eigenvalue weighted by Gasteiger charge is 2.09. The zero-order chi connectivity index (χ0) is 16.8. The van der Waals surface area contributed by atoms with Crippen LogP contribution >= 0.6 is 23.4 Å². The SMILES string of the molecule is O=C(NCCSc1ncc(-c2ccccc2)[nH]1)c1ccccc1Cl. The van der Waals surface area contributed by atoms with Gasteiger partial charge in [0.15, 0.2) is 5.16 Å². The minimum absolute atomic E-state index is 0.161. The van der Waals surface area contributed by atoms with Crippen LogP contribution in [0.15, 0.2) is 66.0 Å². The fraction of sp³-hybridized carbons (Fsp3) is 0.111. The van der Waals surface area contributed by atoms with E-state index < -0.39 is 0 Å². The van der Waals surface area contributed by atoms with E-state index in [1.807, 2.05) is 36.5 Å². The minimum Gasteiger partial charge on any atom is -0.351 e. The molecule has 0 saturated heterocycles. The van der Waals surface area contributed by atoms with Gasteiger partial charge in [0.05, 0.1) is 22.5 Å². The average Bonchev–Trinajstić information content (AvgIpc) is 3.09. The highest BCUT2D eigenvalue weighted by molar-refractivity contribution is 7.99. The summed E-state index contributed by atoms with van der Waals surface area (Å²) in [7, 11) is 0. The summed E-state index contributed by atoms with van der Waals surface area (Å²) in [6.07, 6.45) is 1.82. The van der Waals surface area contributed by atoms with Crippen LogP contribution in [0.5, 0.6) is 0 Å². The number of benzene rings is 2. The number of rotatable bonds is 6. The number of carbonyl (C=O) groups excluding carboxylic acids is 1. The molecule has 24 heavy (non-hydrogen) atoms. The summed E-state index contributed by atoms with van der Waals surface area (Å²) in [4.78, 5) is 19.7. The van der Waals surface area contributed by atoms with E-state index in [1.54, 1.807) is 36.0 Å². The molecule has 0 aliphatic carbocycles. The van der Waals surface area contributed by atoms with E-state index in [1.165, 1.54) is 0 Å². The number of nitrogens with zero attached hydrogens (tertiary/aromatic N) is 1. The van der Waals surface area contributed by atoms with E-state index >= 15 is 0 Å². The second-order valence-corrected chi connectivity index (χ2v) is 6.54. The fourth-order valence-electron chi connectivity index (χ4n) is 2.19. The monoisotopic (exact) mass is 357 g/mol. The van der Waals surface area contributed by atoms with E-state index in [2.05, 4.69) is 15.3 Å².